The normalized spacial score (nSPS) is 25.6. The minimum absolute atomic E-state index is 0.0250. The van der Waals surface area contributed by atoms with Gasteiger partial charge in [-0.3, -0.25) is 4.90 Å². The maximum absolute atomic E-state index is 14.1. The lowest BCUT2D eigenvalue weighted by Gasteiger charge is -2.38. The molecule has 150 valence electrons. The van der Waals surface area contributed by atoms with E-state index >= 15 is 0 Å². The minimum Gasteiger partial charge on any atom is -0.370 e. The van der Waals surface area contributed by atoms with E-state index in [1.165, 1.54) is 6.26 Å². The van der Waals surface area contributed by atoms with Gasteiger partial charge in [0, 0.05) is 37.0 Å². The first-order valence-corrected chi connectivity index (χ1v) is 11.0. The van der Waals surface area contributed by atoms with E-state index in [9.17, 15) is 17.2 Å². The summed E-state index contributed by atoms with van der Waals surface area (Å²) in [6.45, 7) is 1.64. The third-order valence-electron chi connectivity index (χ3n) is 5.54. The predicted octanol–water partition coefficient (Wildman–Crippen LogP) is 2.54. The van der Waals surface area contributed by atoms with Crippen molar-refractivity contribution in [3.8, 4) is 0 Å². The number of halogens is 2. The molecule has 0 amide bonds. The fourth-order valence-corrected chi connectivity index (χ4v) is 4.71. The molecule has 1 saturated heterocycles. The number of nitrogens with two attached hydrogens (primary N) is 1. The number of sulfone groups is 1. The zero-order valence-electron chi connectivity index (χ0n) is 15.4. The van der Waals surface area contributed by atoms with Crippen LogP contribution < -0.4 is 5.73 Å². The lowest BCUT2D eigenvalue weighted by Crippen LogP contribution is -2.47. The monoisotopic (exact) mass is 408 g/mol. The smallest absolute Gasteiger partial charge is 0.175 e. The van der Waals surface area contributed by atoms with Crippen molar-refractivity contribution in [3.05, 3.63) is 64.7 Å². The lowest BCUT2D eigenvalue weighted by atomic mass is 9.93. The molecule has 3 atom stereocenters. The topological polar surface area (TPSA) is 72.6 Å². The van der Waals surface area contributed by atoms with Crippen LogP contribution >= 0.6 is 0 Å². The van der Waals surface area contributed by atoms with Gasteiger partial charge in [0.2, 0.25) is 0 Å². The molecular weight excluding hydrogens is 386 g/mol. The van der Waals surface area contributed by atoms with Gasteiger partial charge in [-0.25, -0.2) is 17.2 Å². The summed E-state index contributed by atoms with van der Waals surface area (Å²) in [5, 5.41) is 0. The van der Waals surface area contributed by atoms with Gasteiger partial charge >= 0.3 is 0 Å². The van der Waals surface area contributed by atoms with Crippen LogP contribution in [0.15, 0.2) is 41.3 Å². The lowest BCUT2D eigenvalue weighted by molar-refractivity contribution is -0.0531. The molecule has 2 aliphatic rings. The van der Waals surface area contributed by atoms with Crippen molar-refractivity contribution in [3.63, 3.8) is 0 Å². The minimum atomic E-state index is -3.25. The quantitative estimate of drug-likeness (QED) is 0.845. The Labute approximate surface area is 163 Å². The van der Waals surface area contributed by atoms with Crippen molar-refractivity contribution in [1.82, 2.24) is 4.90 Å². The van der Waals surface area contributed by atoms with E-state index in [2.05, 4.69) is 4.90 Å². The molecule has 2 N–H and O–H groups in total. The molecule has 2 aromatic carbocycles. The maximum atomic E-state index is 14.1. The Balaban J connectivity index is 1.47. The van der Waals surface area contributed by atoms with E-state index in [-0.39, 0.29) is 11.6 Å². The third kappa shape index (κ3) is 3.69. The van der Waals surface area contributed by atoms with E-state index in [1.54, 1.807) is 12.1 Å². The molecule has 0 saturated carbocycles. The zero-order valence-corrected chi connectivity index (χ0v) is 16.3. The van der Waals surface area contributed by atoms with Crippen LogP contribution in [-0.4, -0.2) is 38.3 Å². The van der Waals surface area contributed by atoms with Crippen molar-refractivity contribution < 1.29 is 21.9 Å². The van der Waals surface area contributed by atoms with Gasteiger partial charge in [0.05, 0.1) is 11.5 Å². The van der Waals surface area contributed by atoms with Gasteiger partial charge in [-0.2, -0.15) is 0 Å². The van der Waals surface area contributed by atoms with Crippen molar-refractivity contribution in [2.24, 2.45) is 5.73 Å². The van der Waals surface area contributed by atoms with E-state index in [0.29, 0.717) is 31.0 Å². The van der Waals surface area contributed by atoms with Gasteiger partial charge in [0.1, 0.15) is 17.7 Å². The first kappa shape index (κ1) is 19.4. The summed E-state index contributed by atoms with van der Waals surface area (Å²) < 4.78 is 57.0. The number of hydrogen-bond donors (Lipinski definition) is 1. The zero-order chi connectivity index (χ0) is 20.1. The van der Waals surface area contributed by atoms with Gasteiger partial charge < -0.3 is 10.5 Å². The molecule has 0 spiro atoms. The molecule has 0 radical (unpaired) electrons. The molecule has 4 rings (SSSR count). The molecule has 5 nitrogen and oxygen atoms in total. The standard InChI is InChI=1S/C20H22F2N2O3S/c1-28(25,26)16-4-2-12-9-24(10-13(12)6-16)15-8-19(23)20(27-11-15)17-7-14(21)3-5-18(17)22/h2-7,15,19-20H,8-11,23H2,1H3. The fourth-order valence-electron chi connectivity index (χ4n) is 4.04. The van der Waals surface area contributed by atoms with E-state index in [0.717, 1.165) is 29.3 Å². The highest BCUT2D eigenvalue weighted by Gasteiger charge is 2.36. The number of hydrogen-bond acceptors (Lipinski definition) is 5. The second-order valence-electron chi connectivity index (χ2n) is 7.58. The highest BCUT2D eigenvalue weighted by Crippen LogP contribution is 2.34. The van der Waals surface area contributed by atoms with Crippen LogP contribution in [-0.2, 0) is 27.7 Å². The van der Waals surface area contributed by atoms with E-state index < -0.39 is 33.6 Å². The molecule has 0 aliphatic carbocycles. The van der Waals surface area contributed by atoms with E-state index in [4.69, 9.17) is 10.5 Å². The molecule has 0 aromatic heterocycles. The number of nitrogens with zero attached hydrogens (tertiary/aromatic N) is 1. The Morgan fingerprint density at radius 1 is 1.11 bits per heavy atom. The van der Waals surface area contributed by atoms with E-state index in [1.807, 2.05) is 6.07 Å². The maximum Gasteiger partial charge on any atom is 0.175 e. The summed E-state index contributed by atoms with van der Waals surface area (Å²) in [6.07, 6.45) is 1.09. The number of ether oxygens (including phenoxy) is 1. The van der Waals surface area contributed by atoms with Gasteiger partial charge in [-0.05, 0) is 47.9 Å². The Hall–Kier alpha value is -1.87. The van der Waals surface area contributed by atoms with Crippen LogP contribution in [0.4, 0.5) is 8.78 Å². The van der Waals surface area contributed by atoms with Crippen LogP contribution in [0.5, 0.6) is 0 Å². The average molecular weight is 408 g/mol. The molecule has 2 aliphatic heterocycles. The first-order chi connectivity index (χ1) is 13.2. The highest BCUT2D eigenvalue weighted by molar-refractivity contribution is 7.90. The Morgan fingerprint density at radius 2 is 1.86 bits per heavy atom. The summed E-state index contributed by atoms with van der Waals surface area (Å²) in [5.74, 6) is -1.05. The molecule has 3 unspecified atom stereocenters. The summed E-state index contributed by atoms with van der Waals surface area (Å²) in [5.41, 5.74) is 8.46. The number of benzene rings is 2. The van der Waals surface area contributed by atoms with Crippen molar-refractivity contribution in [1.29, 1.82) is 0 Å². The Kier molecular flexibility index (Phi) is 4.99. The highest BCUT2D eigenvalue weighted by atomic mass is 32.2. The number of fused-ring (bicyclic) bond motifs is 1. The summed E-state index contributed by atoms with van der Waals surface area (Å²) >= 11 is 0. The van der Waals surface area contributed by atoms with Crippen LogP contribution in [0.1, 0.15) is 29.2 Å². The molecular formula is C20H22F2N2O3S. The van der Waals surface area contributed by atoms with Gasteiger partial charge in [-0.15, -0.1) is 0 Å². The molecule has 2 aromatic rings. The summed E-state index contributed by atoms with van der Waals surface area (Å²) in [7, 11) is -3.25. The largest absolute Gasteiger partial charge is 0.370 e. The van der Waals surface area contributed by atoms with Crippen molar-refractivity contribution >= 4 is 9.84 Å². The first-order valence-electron chi connectivity index (χ1n) is 9.10. The Bertz CT molecular complexity index is 1010. The molecule has 8 heteroatoms. The van der Waals surface area contributed by atoms with Crippen LogP contribution in [0.3, 0.4) is 0 Å². The molecule has 1 fully saturated rings. The number of rotatable bonds is 3. The molecule has 0 bridgehead atoms. The molecule has 28 heavy (non-hydrogen) atoms. The summed E-state index contributed by atoms with van der Waals surface area (Å²) in [4.78, 5) is 2.50. The summed E-state index contributed by atoms with van der Waals surface area (Å²) in [6, 6.07) is 8.05. The SMILES string of the molecule is CS(=O)(=O)c1ccc2c(c1)CN(C1COC(c3cc(F)ccc3F)C(N)C1)C2. The van der Waals surface area contributed by atoms with Gasteiger partial charge in [-0.1, -0.05) is 6.07 Å². The fraction of sp³-hybridized carbons (Fsp3) is 0.400. The second kappa shape index (κ2) is 7.18. The van der Waals surface area contributed by atoms with Crippen molar-refractivity contribution in [2.75, 3.05) is 12.9 Å². The van der Waals surface area contributed by atoms with Gasteiger partial charge in [0.25, 0.3) is 0 Å². The van der Waals surface area contributed by atoms with Gasteiger partial charge in [0.15, 0.2) is 9.84 Å². The van der Waals surface area contributed by atoms with Crippen molar-refractivity contribution in [2.45, 2.75) is 42.6 Å². The van der Waals surface area contributed by atoms with Crippen LogP contribution in [0.25, 0.3) is 0 Å². The second-order valence-corrected chi connectivity index (χ2v) is 9.60. The van der Waals surface area contributed by atoms with Crippen LogP contribution in [0, 0.1) is 11.6 Å². The average Bonchev–Trinajstić information content (AvgIpc) is 3.06. The molecule has 2 heterocycles. The third-order valence-corrected chi connectivity index (χ3v) is 6.65. The van der Waals surface area contributed by atoms with Crippen LogP contribution in [0.2, 0.25) is 0 Å². The predicted molar refractivity (Wildman–Crippen MR) is 100 cm³/mol. The Morgan fingerprint density at radius 3 is 2.57 bits per heavy atom.